The van der Waals surface area contributed by atoms with Crippen LogP contribution in [0.1, 0.15) is 5.56 Å². The molecule has 1 aromatic carbocycles. The van der Waals surface area contributed by atoms with Gasteiger partial charge in [0.2, 0.25) is 10.0 Å². The lowest BCUT2D eigenvalue weighted by Gasteiger charge is -2.22. The molecule has 1 aromatic heterocycles. The summed E-state index contributed by atoms with van der Waals surface area (Å²) in [5.74, 6) is -1.69. The zero-order chi connectivity index (χ0) is 20.9. The van der Waals surface area contributed by atoms with Gasteiger partial charge >= 0.3 is 11.8 Å². The third-order valence-corrected chi connectivity index (χ3v) is 6.61. The number of carbonyl (C=O) groups is 2. The molecule has 11 heteroatoms. The van der Waals surface area contributed by atoms with E-state index in [1.165, 1.54) is 16.4 Å². The van der Waals surface area contributed by atoms with E-state index < -0.39 is 28.1 Å². The van der Waals surface area contributed by atoms with Crippen LogP contribution in [0, 0.1) is 0 Å². The van der Waals surface area contributed by atoms with Gasteiger partial charge in [-0.1, -0.05) is 22.0 Å². The van der Waals surface area contributed by atoms with Gasteiger partial charge in [0.1, 0.15) is 6.23 Å². The molecular weight excluding hydrogens is 464 g/mol. The first-order chi connectivity index (χ1) is 13.9. The van der Waals surface area contributed by atoms with Gasteiger partial charge in [0.15, 0.2) is 0 Å². The van der Waals surface area contributed by atoms with Gasteiger partial charge in [0.05, 0.1) is 18.0 Å². The second kappa shape index (κ2) is 9.44. The summed E-state index contributed by atoms with van der Waals surface area (Å²) in [5, 5.41) is 4.90. The van der Waals surface area contributed by atoms with E-state index >= 15 is 0 Å². The lowest BCUT2D eigenvalue weighted by molar-refractivity contribution is -0.139. The van der Waals surface area contributed by atoms with Gasteiger partial charge in [-0.2, -0.15) is 4.31 Å². The molecule has 9 nitrogen and oxygen atoms in total. The maximum absolute atomic E-state index is 12.8. The van der Waals surface area contributed by atoms with E-state index in [1.54, 1.807) is 36.7 Å². The van der Waals surface area contributed by atoms with Crippen LogP contribution in [-0.4, -0.2) is 55.4 Å². The minimum atomic E-state index is -3.79. The van der Waals surface area contributed by atoms with Crippen molar-refractivity contribution in [2.75, 3.05) is 19.7 Å². The van der Waals surface area contributed by atoms with E-state index in [0.717, 1.165) is 10.0 Å². The third-order valence-electron chi connectivity index (χ3n) is 4.18. The third kappa shape index (κ3) is 5.38. The van der Waals surface area contributed by atoms with Gasteiger partial charge in [-0.05, 0) is 35.9 Å². The molecule has 1 saturated heterocycles. The van der Waals surface area contributed by atoms with Crippen molar-refractivity contribution in [1.82, 2.24) is 19.9 Å². The normalized spacial score (nSPS) is 17.1. The predicted octanol–water partition coefficient (Wildman–Crippen LogP) is 0.624. The van der Waals surface area contributed by atoms with Crippen LogP contribution >= 0.6 is 15.9 Å². The Hall–Kier alpha value is -2.34. The van der Waals surface area contributed by atoms with Gasteiger partial charge in [-0.3, -0.25) is 14.6 Å². The molecule has 0 radical (unpaired) electrons. The van der Waals surface area contributed by atoms with E-state index in [2.05, 4.69) is 31.5 Å². The number of benzene rings is 1. The van der Waals surface area contributed by atoms with Gasteiger partial charge < -0.3 is 15.4 Å². The first kappa shape index (κ1) is 21.4. The number of carbonyl (C=O) groups excluding carboxylic acids is 2. The number of amides is 2. The van der Waals surface area contributed by atoms with Crippen LogP contribution in [0.4, 0.5) is 0 Å². The quantitative estimate of drug-likeness (QED) is 0.582. The fraction of sp³-hybridized carbons (Fsp3) is 0.278. The molecule has 2 heterocycles. The number of rotatable bonds is 6. The van der Waals surface area contributed by atoms with E-state index in [0.29, 0.717) is 0 Å². The molecule has 1 fully saturated rings. The van der Waals surface area contributed by atoms with E-state index in [9.17, 15) is 18.0 Å². The number of halogens is 1. The predicted molar refractivity (Wildman–Crippen MR) is 107 cm³/mol. The Bertz CT molecular complexity index is 970. The average Bonchev–Trinajstić information content (AvgIpc) is 3.21. The fourth-order valence-electron chi connectivity index (χ4n) is 2.71. The molecule has 3 rings (SSSR count). The second-order valence-corrected chi connectivity index (χ2v) is 8.96. The summed E-state index contributed by atoms with van der Waals surface area (Å²) in [5.41, 5.74) is 0.750. The summed E-state index contributed by atoms with van der Waals surface area (Å²) in [7, 11) is -3.79. The number of nitrogens with zero attached hydrogens (tertiary/aromatic N) is 2. The Labute approximate surface area is 176 Å². The molecule has 1 aliphatic rings. The lowest BCUT2D eigenvalue weighted by Crippen LogP contribution is -2.47. The van der Waals surface area contributed by atoms with Crippen LogP contribution in [0.15, 0.2) is 58.2 Å². The van der Waals surface area contributed by atoms with E-state index in [-0.39, 0.29) is 31.1 Å². The number of hydrogen-bond acceptors (Lipinski definition) is 6. The molecule has 2 N–H and O–H groups in total. The molecule has 154 valence electrons. The molecule has 0 aliphatic carbocycles. The maximum atomic E-state index is 12.8. The van der Waals surface area contributed by atoms with Crippen LogP contribution in [0.3, 0.4) is 0 Å². The van der Waals surface area contributed by atoms with E-state index in [1.807, 2.05) is 0 Å². The van der Waals surface area contributed by atoms with Crippen molar-refractivity contribution in [3.63, 3.8) is 0 Å². The molecule has 29 heavy (non-hydrogen) atoms. The Kier molecular flexibility index (Phi) is 6.96. The number of pyridine rings is 1. The Balaban J connectivity index is 1.55. The number of aromatic nitrogens is 1. The first-order valence-electron chi connectivity index (χ1n) is 8.72. The lowest BCUT2D eigenvalue weighted by atomic mass is 10.3. The molecule has 0 spiro atoms. The summed E-state index contributed by atoms with van der Waals surface area (Å²) in [6.07, 6.45) is 2.29. The highest BCUT2D eigenvalue weighted by atomic mass is 79.9. The fourth-order valence-corrected chi connectivity index (χ4v) is 4.48. The maximum Gasteiger partial charge on any atom is 0.309 e. The largest absolute Gasteiger partial charge is 0.359 e. The Morgan fingerprint density at radius 1 is 1.17 bits per heavy atom. The Morgan fingerprint density at radius 2 is 1.90 bits per heavy atom. The van der Waals surface area contributed by atoms with Crippen LogP contribution in [0.2, 0.25) is 0 Å². The number of nitrogens with one attached hydrogen (secondary N) is 2. The van der Waals surface area contributed by atoms with Crippen LogP contribution in [0.5, 0.6) is 0 Å². The molecule has 2 aromatic rings. The zero-order valence-electron chi connectivity index (χ0n) is 15.2. The monoisotopic (exact) mass is 482 g/mol. The van der Waals surface area contributed by atoms with Crippen molar-refractivity contribution < 1.29 is 22.7 Å². The number of ether oxygens (including phenoxy) is 1. The smallest absolute Gasteiger partial charge is 0.309 e. The SMILES string of the molecule is O=C(NCc1cccnc1)C(=O)NC[C@H]1OCCN1S(=O)(=O)c1ccc(Br)cc1. The summed E-state index contributed by atoms with van der Waals surface area (Å²) in [6.45, 7) is 0.370. The standard InChI is InChI=1S/C18H19BrN4O5S/c19-14-3-5-15(6-4-14)29(26,27)23-8-9-28-16(23)12-22-18(25)17(24)21-11-13-2-1-7-20-10-13/h1-7,10,16H,8-9,11-12H2,(H,21,24)(H,22,25)/t16-/m1/s1. The van der Waals surface area contributed by atoms with Crippen molar-refractivity contribution in [2.24, 2.45) is 0 Å². The van der Waals surface area contributed by atoms with Crippen molar-refractivity contribution >= 4 is 37.8 Å². The summed E-state index contributed by atoms with van der Waals surface area (Å²) < 4.78 is 33.0. The molecule has 0 bridgehead atoms. The summed E-state index contributed by atoms with van der Waals surface area (Å²) >= 11 is 3.27. The van der Waals surface area contributed by atoms with E-state index in [4.69, 9.17) is 4.74 Å². The number of sulfonamides is 1. The minimum Gasteiger partial charge on any atom is -0.359 e. The van der Waals surface area contributed by atoms with Gasteiger partial charge in [-0.25, -0.2) is 8.42 Å². The molecular formula is C18H19BrN4O5S. The summed E-state index contributed by atoms with van der Waals surface area (Å²) in [6, 6.07) is 9.72. The second-order valence-electron chi connectivity index (χ2n) is 6.15. The zero-order valence-corrected chi connectivity index (χ0v) is 17.6. The highest BCUT2D eigenvalue weighted by molar-refractivity contribution is 9.10. The topological polar surface area (TPSA) is 118 Å². The van der Waals surface area contributed by atoms with Crippen LogP contribution in [0.25, 0.3) is 0 Å². The van der Waals surface area contributed by atoms with Gasteiger partial charge in [0.25, 0.3) is 0 Å². The molecule has 0 unspecified atom stereocenters. The first-order valence-corrected chi connectivity index (χ1v) is 10.9. The van der Waals surface area contributed by atoms with Crippen LogP contribution < -0.4 is 10.6 Å². The van der Waals surface area contributed by atoms with Crippen molar-refractivity contribution in [3.05, 3.63) is 58.8 Å². The highest BCUT2D eigenvalue weighted by Crippen LogP contribution is 2.23. The number of hydrogen-bond donors (Lipinski definition) is 2. The minimum absolute atomic E-state index is 0.122. The highest BCUT2D eigenvalue weighted by Gasteiger charge is 2.36. The van der Waals surface area contributed by atoms with Crippen molar-refractivity contribution in [2.45, 2.75) is 17.7 Å². The van der Waals surface area contributed by atoms with Crippen molar-refractivity contribution in [1.29, 1.82) is 0 Å². The Morgan fingerprint density at radius 3 is 2.59 bits per heavy atom. The van der Waals surface area contributed by atoms with Gasteiger partial charge in [0, 0.05) is 30.0 Å². The van der Waals surface area contributed by atoms with Gasteiger partial charge in [-0.15, -0.1) is 0 Å². The summed E-state index contributed by atoms with van der Waals surface area (Å²) in [4.78, 5) is 28.0. The molecule has 1 aliphatic heterocycles. The average molecular weight is 483 g/mol. The van der Waals surface area contributed by atoms with Crippen LogP contribution in [-0.2, 0) is 30.9 Å². The molecule has 2 amide bonds. The molecule has 1 atom stereocenters. The van der Waals surface area contributed by atoms with Crippen molar-refractivity contribution in [3.8, 4) is 0 Å². The molecule has 0 saturated carbocycles.